The van der Waals surface area contributed by atoms with Gasteiger partial charge in [-0.1, -0.05) is 24.3 Å². The highest BCUT2D eigenvalue weighted by atomic mass is 32.2. The number of hydrogen-bond acceptors (Lipinski definition) is 3. The lowest BCUT2D eigenvalue weighted by Gasteiger charge is -2.14. The van der Waals surface area contributed by atoms with Gasteiger partial charge in [0.15, 0.2) is 9.84 Å². The quantitative estimate of drug-likeness (QED) is 0.835. The number of hydrogen-bond donors (Lipinski definition) is 0. The molecule has 3 nitrogen and oxygen atoms in total. The van der Waals surface area contributed by atoms with Crippen molar-refractivity contribution < 1.29 is 13.2 Å². The molecule has 4 heteroatoms. The average Bonchev–Trinajstić information content (AvgIpc) is 2.43. The largest absolute Gasteiger partial charge is 0.491 e. The SMILES string of the molecule is Cc1ccc(S(=O)(=O)Cc2ccccc2OC(C)C)cc1C. The maximum atomic E-state index is 12.6. The number of rotatable bonds is 5. The van der Waals surface area contributed by atoms with Crippen LogP contribution in [0.3, 0.4) is 0 Å². The van der Waals surface area contributed by atoms with E-state index in [4.69, 9.17) is 4.74 Å². The molecule has 118 valence electrons. The maximum Gasteiger partial charge on any atom is 0.182 e. The summed E-state index contributed by atoms with van der Waals surface area (Å²) in [5.74, 6) is 0.572. The molecule has 0 atom stereocenters. The third kappa shape index (κ3) is 3.89. The molecule has 0 heterocycles. The van der Waals surface area contributed by atoms with Crippen LogP contribution in [0.25, 0.3) is 0 Å². The van der Waals surface area contributed by atoms with Crippen LogP contribution in [0.5, 0.6) is 5.75 Å². The van der Waals surface area contributed by atoms with Gasteiger partial charge in [0.2, 0.25) is 0 Å². The third-order valence-electron chi connectivity index (χ3n) is 3.52. The molecule has 0 radical (unpaired) electrons. The van der Waals surface area contributed by atoms with E-state index in [2.05, 4.69) is 0 Å². The van der Waals surface area contributed by atoms with Gasteiger partial charge in [0, 0.05) is 5.56 Å². The molecule has 2 aromatic rings. The van der Waals surface area contributed by atoms with E-state index in [1.165, 1.54) is 0 Å². The average molecular weight is 318 g/mol. The standard InChI is InChI=1S/C18H22O3S/c1-13(2)21-18-8-6-5-7-16(18)12-22(19,20)17-10-9-14(3)15(4)11-17/h5-11,13H,12H2,1-4H3. The summed E-state index contributed by atoms with van der Waals surface area (Å²) in [5, 5.41) is 0. The van der Waals surface area contributed by atoms with E-state index in [0.29, 0.717) is 16.2 Å². The smallest absolute Gasteiger partial charge is 0.182 e. The number of para-hydroxylation sites is 1. The molecule has 0 aliphatic carbocycles. The summed E-state index contributed by atoms with van der Waals surface area (Å²) in [6.07, 6.45) is 0.00507. The molecule has 0 unspecified atom stereocenters. The highest BCUT2D eigenvalue weighted by Crippen LogP contribution is 2.25. The zero-order chi connectivity index (χ0) is 16.3. The molecule has 0 spiro atoms. The van der Waals surface area contributed by atoms with Crippen molar-refractivity contribution in [2.75, 3.05) is 0 Å². The van der Waals surface area contributed by atoms with Crippen molar-refractivity contribution in [2.45, 2.75) is 44.4 Å². The molecule has 0 N–H and O–H groups in total. The summed E-state index contributed by atoms with van der Waals surface area (Å²) in [4.78, 5) is 0.356. The van der Waals surface area contributed by atoms with Crippen LogP contribution in [0.15, 0.2) is 47.4 Å². The van der Waals surface area contributed by atoms with Crippen LogP contribution in [0.4, 0.5) is 0 Å². The monoisotopic (exact) mass is 318 g/mol. The normalized spacial score (nSPS) is 11.7. The van der Waals surface area contributed by atoms with Crippen LogP contribution in [-0.4, -0.2) is 14.5 Å². The Morgan fingerprint density at radius 3 is 2.32 bits per heavy atom. The molecule has 0 aliphatic heterocycles. The van der Waals surface area contributed by atoms with Gasteiger partial charge in [-0.05, 0) is 57.0 Å². The Labute approximate surface area is 132 Å². The lowest BCUT2D eigenvalue weighted by atomic mass is 10.1. The van der Waals surface area contributed by atoms with Gasteiger partial charge in [0.1, 0.15) is 5.75 Å². The van der Waals surface area contributed by atoms with Gasteiger partial charge in [-0.2, -0.15) is 0 Å². The predicted molar refractivity (Wildman–Crippen MR) is 89.0 cm³/mol. The van der Waals surface area contributed by atoms with Crippen molar-refractivity contribution in [1.82, 2.24) is 0 Å². The van der Waals surface area contributed by atoms with E-state index >= 15 is 0 Å². The molecule has 0 saturated carbocycles. The van der Waals surface area contributed by atoms with Gasteiger partial charge in [-0.15, -0.1) is 0 Å². The summed E-state index contributed by atoms with van der Waals surface area (Å²) in [6, 6.07) is 12.5. The van der Waals surface area contributed by atoms with Crippen molar-refractivity contribution in [1.29, 1.82) is 0 Å². The Balaban J connectivity index is 2.35. The lowest BCUT2D eigenvalue weighted by Crippen LogP contribution is -2.10. The van der Waals surface area contributed by atoms with E-state index < -0.39 is 9.84 Å². The van der Waals surface area contributed by atoms with Crippen LogP contribution < -0.4 is 4.74 Å². The van der Waals surface area contributed by atoms with E-state index in [1.54, 1.807) is 18.2 Å². The van der Waals surface area contributed by atoms with E-state index in [0.717, 1.165) is 11.1 Å². The van der Waals surface area contributed by atoms with Crippen LogP contribution >= 0.6 is 0 Å². The molecular weight excluding hydrogens is 296 g/mol. The Kier molecular flexibility index (Phi) is 4.91. The Morgan fingerprint density at radius 2 is 1.68 bits per heavy atom. The van der Waals surface area contributed by atoms with Gasteiger partial charge in [0.05, 0.1) is 16.8 Å². The molecule has 0 aliphatic rings. The molecule has 0 bridgehead atoms. The zero-order valence-electron chi connectivity index (χ0n) is 13.5. The van der Waals surface area contributed by atoms with Crippen molar-refractivity contribution >= 4 is 9.84 Å². The fourth-order valence-corrected chi connectivity index (χ4v) is 3.63. The van der Waals surface area contributed by atoms with Crippen molar-refractivity contribution in [3.05, 3.63) is 59.2 Å². The van der Waals surface area contributed by atoms with E-state index in [9.17, 15) is 8.42 Å². The predicted octanol–water partition coefficient (Wildman–Crippen LogP) is 4.06. The van der Waals surface area contributed by atoms with Crippen LogP contribution in [0.2, 0.25) is 0 Å². The first kappa shape index (κ1) is 16.6. The summed E-state index contributed by atoms with van der Waals surface area (Å²) < 4.78 is 31.0. The fourth-order valence-electron chi connectivity index (χ4n) is 2.19. The highest BCUT2D eigenvalue weighted by Gasteiger charge is 2.18. The van der Waals surface area contributed by atoms with Crippen molar-refractivity contribution in [3.8, 4) is 5.75 Å². The Hall–Kier alpha value is -1.81. The fraction of sp³-hybridized carbons (Fsp3) is 0.333. The Bertz CT molecular complexity index is 762. The number of aryl methyl sites for hydroxylation is 2. The van der Waals surface area contributed by atoms with Gasteiger partial charge < -0.3 is 4.74 Å². The zero-order valence-corrected chi connectivity index (χ0v) is 14.3. The molecule has 0 aromatic heterocycles. The maximum absolute atomic E-state index is 12.6. The second kappa shape index (κ2) is 6.53. The van der Waals surface area contributed by atoms with E-state index in [-0.39, 0.29) is 11.9 Å². The molecule has 2 rings (SSSR count). The van der Waals surface area contributed by atoms with Gasteiger partial charge in [-0.25, -0.2) is 8.42 Å². The number of sulfone groups is 1. The minimum Gasteiger partial charge on any atom is -0.491 e. The minimum absolute atomic E-state index is 0.00507. The second-order valence-electron chi connectivity index (χ2n) is 5.78. The minimum atomic E-state index is -3.39. The highest BCUT2D eigenvalue weighted by molar-refractivity contribution is 7.90. The molecule has 0 saturated heterocycles. The number of ether oxygens (including phenoxy) is 1. The number of benzene rings is 2. The van der Waals surface area contributed by atoms with Crippen molar-refractivity contribution in [2.24, 2.45) is 0 Å². The van der Waals surface area contributed by atoms with Gasteiger partial charge in [-0.3, -0.25) is 0 Å². The first-order chi connectivity index (χ1) is 10.3. The summed E-state index contributed by atoms with van der Waals surface area (Å²) in [6.45, 7) is 7.74. The molecule has 22 heavy (non-hydrogen) atoms. The van der Waals surface area contributed by atoms with Crippen molar-refractivity contribution in [3.63, 3.8) is 0 Å². The van der Waals surface area contributed by atoms with Crippen LogP contribution in [0, 0.1) is 13.8 Å². The van der Waals surface area contributed by atoms with Gasteiger partial charge in [0.25, 0.3) is 0 Å². The molecule has 2 aromatic carbocycles. The molecule has 0 fully saturated rings. The molecular formula is C18H22O3S. The van der Waals surface area contributed by atoms with E-state index in [1.807, 2.05) is 52.0 Å². The first-order valence-corrected chi connectivity index (χ1v) is 8.99. The summed E-state index contributed by atoms with van der Waals surface area (Å²) in [7, 11) is -3.39. The first-order valence-electron chi connectivity index (χ1n) is 7.34. The topological polar surface area (TPSA) is 43.4 Å². The van der Waals surface area contributed by atoms with Crippen LogP contribution in [-0.2, 0) is 15.6 Å². The summed E-state index contributed by atoms with van der Waals surface area (Å²) >= 11 is 0. The van der Waals surface area contributed by atoms with Gasteiger partial charge >= 0.3 is 0 Å². The third-order valence-corrected chi connectivity index (χ3v) is 5.18. The summed E-state index contributed by atoms with van der Waals surface area (Å²) in [5.41, 5.74) is 2.75. The second-order valence-corrected chi connectivity index (χ2v) is 7.77. The Morgan fingerprint density at radius 1 is 1.00 bits per heavy atom. The van der Waals surface area contributed by atoms with Crippen LogP contribution in [0.1, 0.15) is 30.5 Å². The molecule has 0 amide bonds. The lowest BCUT2D eigenvalue weighted by molar-refractivity contribution is 0.240.